The Morgan fingerprint density at radius 3 is 2.90 bits per heavy atom. The highest BCUT2D eigenvalue weighted by atomic mass is 15.3. The number of pyridine rings is 1. The number of nitrogens with zero attached hydrogens (tertiary/aromatic N) is 3. The van der Waals surface area contributed by atoms with E-state index in [1.165, 1.54) is 32.2 Å². The van der Waals surface area contributed by atoms with Gasteiger partial charge in [0.2, 0.25) is 0 Å². The van der Waals surface area contributed by atoms with E-state index in [1.807, 2.05) is 25.4 Å². The van der Waals surface area contributed by atoms with E-state index >= 15 is 0 Å². The standard InChI is InChI=1S/C16H24N4/c1-17-15(19-11-6-14-5-2-3-10-18-14)20-12-9-16(13-20)7-4-8-16/h2-3,5,10H,4,6-9,11-13H2,1H3,(H,17,19). The molecule has 1 N–H and O–H groups in total. The van der Waals surface area contributed by atoms with Gasteiger partial charge >= 0.3 is 0 Å². The maximum atomic E-state index is 4.44. The largest absolute Gasteiger partial charge is 0.356 e. The van der Waals surface area contributed by atoms with Crippen LogP contribution in [0.25, 0.3) is 0 Å². The lowest BCUT2D eigenvalue weighted by molar-refractivity contribution is 0.151. The summed E-state index contributed by atoms with van der Waals surface area (Å²) in [4.78, 5) is 11.2. The zero-order valence-corrected chi connectivity index (χ0v) is 12.3. The molecule has 0 bridgehead atoms. The van der Waals surface area contributed by atoms with Crippen molar-refractivity contribution in [3.63, 3.8) is 0 Å². The van der Waals surface area contributed by atoms with Crippen LogP contribution in [0, 0.1) is 5.41 Å². The van der Waals surface area contributed by atoms with Crippen molar-refractivity contribution in [1.82, 2.24) is 15.2 Å². The summed E-state index contributed by atoms with van der Waals surface area (Å²) < 4.78 is 0. The highest BCUT2D eigenvalue weighted by Gasteiger charge is 2.43. The maximum absolute atomic E-state index is 4.44. The average Bonchev–Trinajstić information content (AvgIpc) is 2.90. The highest BCUT2D eigenvalue weighted by Crippen LogP contribution is 2.47. The monoisotopic (exact) mass is 272 g/mol. The summed E-state index contributed by atoms with van der Waals surface area (Å²) in [5, 5.41) is 3.48. The summed E-state index contributed by atoms with van der Waals surface area (Å²) in [6, 6.07) is 6.07. The van der Waals surface area contributed by atoms with E-state index in [2.05, 4.69) is 26.3 Å². The van der Waals surface area contributed by atoms with Crippen LogP contribution in [-0.2, 0) is 6.42 Å². The topological polar surface area (TPSA) is 40.5 Å². The number of guanidine groups is 1. The molecular formula is C16H24N4. The molecule has 20 heavy (non-hydrogen) atoms. The molecule has 0 radical (unpaired) electrons. The van der Waals surface area contributed by atoms with E-state index in [1.54, 1.807) is 0 Å². The molecule has 2 heterocycles. The zero-order chi connectivity index (χ0) is 13.8. The Balaban J connectivity index is 1.48. The minimum atomic E-state index is 0.624. The Labute approximate surface area is 121 Å². The van der Waals surface area contributed by atoms with Gasteiger partial charge < -0.3 is 10.2 Å². The Morgan fingerprint density at radius 2 is 2.30 bits per heavy atom. The van der Waals surface area contributed by atoms with Gasteiger partial charge in [-0.15, -0.1) is 0 Å². The van der Waals surface area contributed by atoms with Crippen LogP contribution in [0.5, 0.6) is 0 Å². The first-order valence-electron chi connectivity index (χ1n) is 7.67. The molecule has 4 nitrogen and oxygen atoms in total. The molecule has 2 aliphatic rings. The van der Waals surface area contributed by atoms with E-state index in [9.17, 15) is 0 Å². The van der Waals surface area contributed by atoms with Gasteiger partial charge in [0.1, 0.15) is 0 Å². The van der Waals surface area contributed by atoms with Crippen LogP contribution >= 0.6 is 0 Å². The molecule has 1 aromatic rings. The fourth-order valence-electron chi connectivity index (χ4n) is 3.38. The lowest BCUT2D eigenvalue weighted by Crippen LogP contribution is -2.43. The van der Waals surface area contributed by atoms with Crippen molar-refractivity contribution in [3.8, 4) is 0 Å². The van der Waals surface area contributed by atoms with Gasteiger partial charge in [-0.1, -0.05) is 12.5 Å². The van der Waals surface area contributed by atoms with Gasteiger partial charge in [-0.3, -0.25) is 9.98 Å². The second kappa shape index (κ2) is 5.81. The Morgan fingerprint density at radius 1 is 1.40 bits per heavy atom. The minimum Gasteiger partial charge on any atom is -0.356 e. The minimum absolute atomic E-state index is 0.624. The van der Waals surface area contributed by atoms with Gasteiger partial charge in [-0.25, -0.2) is 0 Å². The second-order valence-corrected chi connectivity index (χ2v) is 6.07. The number of aliphatic imine (C=N–C) groups is 1. The summed E-state index contributed by atoms with van der Waals surface area (Å²) in [5.41, 5.74) is 1.76. The highest BCUT2D eigenvalue weighted by molar-refractivity contribution is 5.80. The van der Waals surface area contributed by atoms with Crippen LogP contribution < -0.4 is 5.32 Å². The van der Waals surface area contributed by atoms with Crippen LogP contribution in [0.1, 0.15) is 31.4 Å². The molecular weight excluding hydrogens is 248 g/mol. The van der Waals surface area contributed by atoms with Crippen molar-refractivity contribution in [2.45, 2.75) is 32.1 Å². The fraction of sp³-hybridized carbons (Fsp3) is 0.625. The van der Waals surface area contributed by atoms with E-state index in [0.29, 0.717) is 5.41 Å². The molecule has 0 unspecified atom stereocenters. The van der Waals surface area contributed by atoms with Crippen molar-refractivity contribution < 1.29 is 0 Å². The molecule has 1 saturated heterocycles. The van der Waals surface area contributed by atoms with E-state index in [0.717, 1.165) is 31.2 Å². The predicted molar refractivity (Wildman–Crippen MR) is 81.8 cm³/mol. The third-order valence-electron chi connectivity index (χ3n) is 4.75. The van der Waals surface area contributed by atoms with Crippen molar-refractivity contribution in [3.05, 3.63) is 30.1 Å². The van der Waals surface area contributed by atoms with Crippen molar-refractivity contribution in [1.29, 1.82) is 0 Å². The molecule has 0 amide bonds. The number of hydrogen-bond donors (Lipinski definition) is 1. The molecule has 1 aliphatic heterocycles. The zero-order valence-electron chi connectivity index (χ0n) is 12.3. The number of aromatic nitrogens is 1. The summed E-state index contributed by atoms with van der Waals surface area (Å²) in [6.45, 7) is 3.24. The van der Waals surface area contributed by atoms with Crippen molar-refractivity contribution >= 4 is 5.96 Å². The predicted octanol–water partition coefficient (Wildman–Crippen LogP) is 2.08. The molecule has 0 atom stereocenters. The molecule has 1 aromatic heterocycles. The van der Waals surface area contributed by atoms with Gasteiger partial charge in [0.25, 0.3) is 0 Å². The quantitative estimate of drug-likeness (QED) is 0.676. The third kappa shape index (κ3) is 2.79. The molecule has 1 aliphatic carbocycles. The van der Waals surface area contributed by atoms with Crippen molar-refractivity contribution in [2.75, 3.05) is 26.7 Å². The summed E-state index contributed by atoms with van der Waals surface area (Å²) >= 11 is 0. The van der Waals surface area contributed by atoms with Gasteiger partial charge in [0.05, 0.1) is 0 Å². The van der Waals surface area contributed by atoms with E-state index < -0.39 is 0 Å². The number of nitrogens with one attached hydrogen (secondary N) is 1. The first-order chi connectivity index (χ1) is 9.81. The SMILES string of the molecule is CN=C(NCCc1ccccn1)N1CCC2(CCC2)C1. The smallest absolute Gasteiger partial charge is 0.193 e. The summed E-state index contributed by atoms with van der Waals surface area (Å²) in [7, 11) is 1.88. The van der Waals surface area contributed by atoms with Crippen LogP contribution in [0.4, 0.5) is 0 Å². The number of hydrogen-bond acceptors (Lipinski definition) is 2. The average molecular weight is 272 g/mol. The van der Waals surface area contributed by atoms with E-state index in [4.69, 9.17) is 0 Å². The first-order valence-corrected chi connectivity index (χ1v) is 7.67. The number of rotatable bonds is 3. The van der Waals surface area contributed by atoms with Gasteiger partial charge in [0, 0.05) is 45.0 Å². The molecule has 2 fully saturated rings. The number of likely N-dealkylation sites (tertiary alicyclic amines) is 1. The van der Waals surface area contributed by atoms with Gasteiger partial charge in [0.15, 0.2) is 5.96 Å². The fourth-order valence-corrected chi connectivity index (χ4v) is 3.38. The Hall–Kier alpha value is -1.58. The first kappa shape index (κ1) is 13.4. The van der Waals surface area contributed by atoms with E-state index in [-0.39, 0.29) is 0 Å². The second-order valence-electron chi connectivity index (χ2n) is 6.07. The molecule has 0 aromatic carbocycles. The van der Waals surface area contributed by atoms with Crippen LogP contribution in [0.3, 0.4) is 0 Å². The van der Waals surface area contributed by atoms with Gasteiger partial charge in [-0.05, 0) is 36.8 Å². The Kier molecular flexibility index (Phi) is 3.90. The lowest BCUT2D eigenvalue weighted by Gasteiger charge is -2.38. The molecule has 4 heteroatoms. The molecule has 108 valence electrons. The van der Waals surface area contributed by atoms with Crippen molar-refractivity contribution in [2.24, 2.45) is 10.4 Å². The van der Waals surface area contributed by atoms with Crippen LogP contribution in [0.15, 0.2) is 29.4 Å². The molecule has 1 saturated carbocycles. The molecule has 1 spiro atoms. The summed E-state index contributed by atoms with van der Waals surface area (Å²) in [5.74, 6) is 1.06. The van der Waals surface area contributed by atoms with Crippen LogP contribution in [-0.4, -0.2) is 42.5 Å². The third-order valence-corrected chi connectivity index (χ3v) is 4.75. The maximum Gasteiger partial charge on any atom is 0.193 e. The normalized spacial score (nSPS) is 21.1. The molecule has 3 rings (SSSR count). The Bertz CT molecular complexity index is 465. The lowest BCUT2D eigenvalue weighted by atomic mass is 9.68. The summed E-state index contributed by atoms with van der Waals surface area (Å²) in [6.07, 6.45) is 8.38. The van der Waals surface area contributed by atoms with Crippen LogP contribution in [0.2, 0.25) is 0 Å². The van der Waals surface area contributed by atoms with Gasteiger partial charge in [-0.2, -0.15) is 0 Å².